The van der Waals surface area contributed by atoms with Gasteiger partial charge in [0.2, 0.25) is 5.95 Å². The van der Waals surface area contributed by atoms with Crippen LogP contribution in [0.4, 0.5) is 11.8 Å². The Morgan fingerprint density at radius 3 is 2.76 bits per heavy atom. The lowest BCUT2D eigenvalue weighted by Crippen LogP contribution is -2.10. The number of nitrogen functional groups attached to an aromatic ring is 1. The summed E-state index contributed by atoms with van der Waals surface area (Å²) in [5.41, 5.74) is 8.91. The van der Waals surface area contributed by atoms with Gasteiger partial charge < -0.3 is 25.1 Å². The molecule has 0 saturated carbocycles. The molecule has 0 amide bonds. The third-order valence-corrected chi connectivity index (χ3v) is 4.75. The highest BCUT2D eigenvalue weighted by Crippen LogP contribution is 2.27. The van der Waals surface area contributed by atoms with E-state index in [-0.39, 0.29) is 5.95 Å². The fourth-order valence-electron chi connectivity index (χ4n) is 3.26. The minimum atomic E-state index is -0.399. The number of fused-ring (bicyclic) bond motifs is 1. The third kappa shape index (κ3) is 4.59. The number of rotatable bonds is 9. The zero-order chi connectivity index (χ0) is 20.8. The smallest absolute Gasteiger partial charge is 0.337 e. The Kier molecular flexibility index (Phi) is 6.54. The van der Waals surface area contributed by atoms with Gasteiger partial charge in [-0.2, -0.15) is 4.98 Å². The Hall–Kier alpha value is -3.29. The van der Waals surface area contributed by atoms with Gasteiger partial charge in [0.05, 0.1) is 31.8 Å². The molecule has 0 spiro atoms. The van der Waals surface area contributed by atoms with Crippen LogP contribution in [0.3, 0.4) is 0 Å². The van der Waals surface area contributed by atoms with Crippen molar-refractivity contribution in [1.82, 2.24) is 14.5 Å². The molecule has 0 fully saturated rings. The Morgan fingerprint density at radius 2 is 2.03 bits per heavy atom. The Balaban J connectivity index is 1.93. The second kappa shape index (κ2) is 9.27. The van der Waals surface area contributed by atoms with Crippen molar-refractivity contribution in [3.63, 3.8) is 0 Å². The second-order valence-electron chi connectivity index (χ2n) is 6.76. The molecule has 3 N–H and O–H groups in total. The molecule has 0 unspecified atom stereocenters. The van der Waals surface area contributed by atoms with Crippen molar-refractivity contribution in [2.75, 3.05) is 31.8 Å². The van der Waals surface area contributed by atoms with Crippen molar-refractivity contribution >= 4 is 28.8 Å². The summed E-state index contributed by atoms with van der Waals surface area (Å²) in [4.78, 5) is 20.5. The molecule has 0 radical (unpaired) electrons. The van der Waals surface area contributed by atoms with Gasteiger partial charge in [0.1, 0.15) is 11.3 Å². The molecule has 0 aliphatic heterocycles. The lowest BCUT2D eigenvalue weighted by molar-refractivity contribution is 0.0600. The normalized spacial score (nSPS) is 10.9. The molecule has 8 heteroatoms. The summed E-state index contributed by atoms with van der Waals surface area (Å²) >= 11 is 0. The van der Waals surface area contributed by atoms with Crippen molar-refractivity contribution in [2.45, 2.75) is 32.7 Å². The maximum absolute atomic E-state index is 11.8. The molecule has 3 aromatic rings. The number of nitrogens with zero attached hydrogens (tertiary/aromatic N) is 3. The van der Waals surface area contributed by atoms with E-state index in [2.05, 4.69) is 22.2 Å². The number of benzene rings is 1. The maximum atomic E-state index is 11.8. The van der Waals surface area contributed by atoms with Gasteiger partial charge in [0, 0.05) is 18.3 Å². The van der Waals surface area contributed by atoms with Gasteiger partial charge in [-0.25, -0.2) is 9.78 Å². The SMILES string of the molecule is CCCCCNc1nc(N)nc2ccn(Cc3ccc(C(=O)OC)cc3OC)c12. The number of carbonyl (C=O) groups is 1. The van der Waals surface area contributed by atoms with E-state index in [0.717, 1.165) is 48.2 Å². The van der Waals surface area contributed by atoms with Crippen LogP contribution in [0, 0.1) is 0 Å². The molecule has 0 aliphatic rings. The number of esters is 1. The van der Waals surface area contributed by atoms with E-state index in [0.29, 0.717) is 17.9 Å². The average Bonchev–Trinajstić information content (AvgIpc) is 3.13. The first-order chi connectivity index (χ1) is 14.1. The zero-order valence-corrected chi connectivity index (χ0v) is 17.1. The predicted octanol–water partition coefficient (Wildman–Crippen LogP) is 3.46. The van der Waals surface area contributed by atoms with Crippen molar-refractivity contribution in [3.05, 3.63) is 41.6 Å². The monoisotopic (exact) mass is 397 g/mol. The number of hydrogen-bond acceptors (Lipinski definition) is 7. The Bertz CT molecular complexity index is 999. The standard InChI is InChI=1S/C21H27N5O3/c1-4-5-6-10-23-19-18-16(24-21(22)25-19)9-11-26(18)13-15-8-7-14(20(27)29-3)12-17(15)28-2/h7-9,11-12H,4-6,10,13H2,1-3H3,(H3,22,23,24,25). The molecular formula is C21H27N5O3. The molecule has 1 aromatic carbocycles. The summed E-state index contributed by atoms with van der Waals surface area (Å²) in [6.07, 6.45) is 5.32. The lowest BCUT2D eigenvalue weighted by atomic mass is 10.1. The van der Waals surface area contributed by atoms with Gasteiger partial charge in [-0.3, -0.25) is 0 Å². The van der Waals surface area contributed by atoms with E-state index in [9.17, 15) is 4.79 Å². The van der Waals surface area contributed by atoms with Crippen LogP contribution < -0.4 is 15.8 Å². The molecule has 8 nitrogen and oxygen atoms in total. The molecule has 154 valence electrons. The molecular weight excluding hydrogens is 370 g/mol. The van der Waals surface area contributed by atoms with E-state index in [4.69, 9.17) is 15.2 Å². The first-order valence-corrected chi connectivity index (χ1v) is 9.68. The fraction of sp³-hybridized carbons (Fsp3) is 0.381. The molecule has 0 aliphatic carbocycles. The number of ether oxygens (including phenoxy) is 2. The predicted molar refractivity (Wildman–Crippen MR) is 113 cm³/mol. The molecule has 29 heavy (non-hydrogen) atoms. The molecule has 0 bridgehead atoms. The van der Waals surface area contributed by atoms with Crippen molar-refractivity contribution < 1.29 is 14.3 Å². The lowest BCUT2D eigenvalue weighted by Gasteiger charge is -2.14. The quantitative estimate of drug-likeness (QED) is 0.421. The van der Waals surface area contributed by atoms with E-state index in [1.165, 1.54) is 7.11 Å². The number of anilines is 2. The number of hydrogen-bond donors (Lipinski definition) is 2. The van der Waals surface area contributed by atoms with Crippen LogP contribution >= 0.6 is 0 Å². The van der Waals surface area contributed by atoms with Gasteiger partial charge in [-0.15, -0.1) is 0 Å². The summed E-state index contributed by atoms with van der Waals surface area (Å²) in [6, 6.07) is 7.20. The third-order valence-electron chi connectivity index (χ3n) is 4.75. The number of nitrogens with one attached hydrogen (secondary N) is 1. The number of aromatic nitrogens is 3. The van der Waals surface area contributed by atoms with Gasteiger partial charge in [0.15, 0.2) is 5.82 Å². The molecule has 3 rings (SSSR count). The van der Waals surface area contributed by atoms with Crippen molar-refractivity contribution in [2.24, 2.45) is 0 Å². The average molecular weight is 397 g/mol. The number of methoxy groups -OCH3 is 2. The Labute approximate surface area is 170 Å². The van der Waals surface area contributed by atoms with E-state index in [1.54, 1.807) is 19.2 Å². The summed E-state index contributed by atoms with van der Waals surface area (Å²) < 4.78 is 12.3. The highest BCUT2D eigenvalue weighted by molar-refractivity contribution is 5.90. The fourth-order valence-corrected chi connectivity index (χ4v) is 3.26. The maximum Gasteiger partial charge on any atom is 0.337 e. The first-order valence-electron chi connectivity index (χ1n) is 9.68. The zero-order valence-electron chi connectivity index (χ0n) is 17.1. The number of nitrogens with two attached hydrogens (primary N) is 1. The van der Waals surface area contributed by atoms with Crippen LogP contribution in [0.15, 0.2) is 30.5 Å². The van der Waals surface area contributed by atoms with Crippen LogP contribution in [-0.2, 0) is 11.3 Å². The minimum absolute atomic E-state index is 0.244. The van der Waals surface area contributed by atoms with E-state index in [1.807, 2.05) is 22.9 Å². The van der Waals surface area contributed by atoms with Gasteiger partial charge in [-0.1, -0.05) is 25.8 Å². The van der Waals surface area contributed by atoms with Gasteiger partial charge in [0.25, 0.3) is 0 Å². The highest BCUT2D eigenvalue weighted by atomic mass is 16.5. The summed E-state index contributed by atoms with van der Waals surface area (Å²) in [5, 5.41) is 3.39. The number of unbranched alkanes of at least 4 members (excludes halogenated alkanes) is 2. The van der Waals surface area contributed by atoms with Crippen molar-refractivity contribution in [1.29, 1.82) is 0 Å². The van der Waals surface area contributed by atoms with Crippen LogP contribution in [0.2, 0.25) is 0 Å². The highest BCUT2D eigenvalue weighted by Gasteiger charge is 2.15. The van der Waals surface area contributed by atoms with Crippen LogP contribution in [0.5, 0.6) is 5.75 Å². The Morgan fingerprint density at radius 1 is 1.21 bits per heavy atom. The largest absolute Gasteiger partial charge is 0.496 e. The van der Waals surface area contributed by atoms with Gasteiger partial charge >= 0.3 is 5.97 Å². The van der Waals surface area contributed by atoms with Crippen LogP contribution in [0.1, 0.15) is 42.1 Å². The summed E-state index contributed by atoms with van der Waals surface area (Å²) in [7, 11) is 2.94. The van der Waals surface area contributed by atoms with Crippen LogP contribution in [-0.4, -0.2) is 41.3 Å². The van der Waals surface area contributed by atoms with E-state index >= 15 is 0 Å². The summed E-state index contributed by atoms with van der Waals surface area (Å²) in [5.74, 6) is 1.18. The summed E-state index contributed by atoms with van der Waals surface area (Å²) in [6.45, 7) is 3.53. The molecule has 2 aromatic heterocycles. The number of carbonyl (C=O) groups excluding carboxylic acids is 1. The molecule has 0 atom stereocenters. The van der Waals surface area contributed by atoms with E-state index < -0.39 is 5.97 Å². The molecule has 2 heterocycles. The topological polar surface area (TPSA) is 104 Å². The van der Waals surface area contributed by atoms with Gasteiger partial charge in [-0.05, 0) is 24.6 Å². The van der Waals surface area contributed by atoms with Crippen molar-refractivity contribution in [3.8, 4) is 5.75 Å². The first kappa shape index (κ1) is 20.4. The molecule has 0 saturated heterocycles. The second-order valence-corrected chi connectivity index (χ2v) is 6.76. The minimum Gasteiger partial charge on any atom is -0.496 e. The van der Waals surface area contributed by atoms with Crippen LogP contribution in [0.25, 0.3) is 11.0 Å².